The number of amides is 1. The Bertz CT molecular complexity index is 1020. The van der Waals surface area contributed by atoms with E-state index in [1.165, 1.54) is 5.56 Å². The molecule has 0 bridgehead atoms. The highest BCUT2D eigenvalue weighted by molar-refractivity contribution is 7.21. The Labute approximate surface area is 199 Å². The van der Waals surface area contributed by atoms with Crippen LogP contribution in [0.15, 0.2) is 48.7 Å². The van der Waals surface area contributed by atoms with Crippen LogP contribution in [0.1, 0.15) is 18.4 Å². The molecule has 3 aromatic rings. The van der Waals surface area contributed by atoms with Crippen LogP contribution in [0.5, 0.6) is 0 Å². The number of hydrogen-bond acceptors (Lipinski definition) is 7. The summed E-state index contributed by atoms with van der Waals surface area (Å²) in [6.07, 6.45) is 3.77. The minimum atomic E-state index is 0.0291. The van der Waals surface area contributed by atoms with E-state index in [1.807, 2.05) is 12.1 Å². The van der Waals surface area contributed by atoms with E-state index in [9.17, 15) is 4.79 Å². The van der Waals surface area contributed by atoms with Gasteiger partial charge in [-0.25, -0.2) is 9.97 Å². The first-order chi connectivity index (χ1) is 16.2. The number of nitrogens with zero attached hydrogens (tertiary/aromatic N) is 5. The van der Waals surface area contributed by atoms with Gasteiger partial charge >= 0.3 is 0 Å². The molecule has 2 aromatic heterocycles. The minimum Gasteiger partial charge on any atom is -0.355 e. The van der Waals surface area contributed by atoms with Crippen LogP contribution in [-0.4, -0.2) is 78.0 Å². The zero-order valence-electron chi connectivity index (χ0n) is 19.0. The molecule has 174 valence electrons. The van der Waals surface area contributed by atoms with Gasteiger partial charge in [-0.15, -0.1) is 0 Å². The lowest BCUT2D eigenvalue weighted by Crippen LogP contribution is -2.49. The molecule has 2 aliphatic rings. The lowest BCUT2D eigenvalue weighted by atomic mass is 9.97. The van der Waals surface area contributed by atoms with E-state index in [4.69, 9.17) is 4.98 Å². The molecule has 1 unspecified atom stereocenters. The van der Waals surface area contributed by atoms with Gasteiger partial charge in [-0.2, -0.15) is 0 Å². The molecule has 2 saturated heterocycles. The van der Waals surface area contributed by atoms with Crippen molar-refractivity contribution < 1.29 is 4.79 Å². The fourth-order valence-electron chi connectivity index (χ4n) is 4.75. The topological polar surface area (TPSA) is 64.6 Å². The Kier molecular flexibility index (Phi) is 7.14. The van der Waals surface area contributed by atoms with Crippen LogP contribution in [-0.2, 0) is 11.3 Å². The second-order valence-electron chi connectivity index (χ2n) is 9.00. The lowest BCUT2D eigenvalue weighted by Gasteiger charge is -2.35. The first-order valence-electron chi connectivity index (χ1n) is 12.0. The second kappa shape index (κ2) is 10.6. The number of thiazole rings is 1. The second-order valence-corrected chi connectivity index (χ2v) is 9.96. The molecule has 2 fully saturated rings. The average Bonchev–Trinajstić information content (AvgIpc) is 3.30. The van der Waals surface area contributed by atoms with E-state index >= 15 is 0 Å². The van der Waals surface area contributed by atoms with Gasteiger partial charge < -0.3 is 10.2 Å². The van der Waals surface area contributed by atoms with Gasteiger partial charge in [-0.1, -0.05) is 41.7 Å². The van der Waals surface area contributed by atoms with E-state index in [0.717, 1.165) is 87.2 Å². The largest absolute Gasteiger partial charge is 0.355 e. The van der Waals surface area contributed by atoms with Crippen LogP contribution in [0.25, 0.3) is 10.3 Å². The predicted molar refractivity (Wildman–Crippen MR) is 134 cm³/mol. The van der Waals surface area contributed by atoms with E-state index in [1.54, 1.807) is 17.5 Å². The van der Waals surface area contributed by atoms with Gasteiger partial charge in [-0.3, -0.25) is 14.6 Å². The first kappa shape index (κ1) is 22.3. The van der Waals surface area contributed by atoms with Gasteiger partial charge in [0.05, 0.1) is 5.92 Å². The van der Waals surface area contributed by atoms with Crippen LogP contribution >= 0.6 is 11.3 Å². The molecule has 8 heteroatoms. The summed E-state index contributed by atoms with van der Waals surface area (Å²) >= 11 is 1.62. The smallest absolute Gasteiger partial charge is 0.224 e. The molecule has 0 saturated carbocycles. The summed E-state index contributed by atoms with van der Waals surface area (Å²) in [6.45, 7) is 8.64. The number of fused-ring (bicyclic) bond motifs is 1. The Hall–Kier alpha value is -2.55. The van der Waals surface area contributed by atoms with E-state index in [-0.39, 0.29) is 11.8 Å². The average molecular weight is 465 g/mol. The number of carbonyl (C=O) groups excluding carboxylic acids is 1. The van der Waals surface area contributed by atoms with Gasteiger partial charge in [-0.05, 0) is 30.5 Å². The highest BCUT2D eigenvalue weighted by atomic mass is 32.1. The van der Waals surface area contributed by atoms with Gasteiger partial charge in [0.25, 0.3) is 0 Å². The number of carbonyl (C=O) groups is 1. The van der Waals surface area contributed by atoms with Gasteiger partial charge in [0, 0.05) is 65.1 Å². The van der Waals surface area contributed by atoms with E-state index in [0.29, 0.717) is 0 Å². The van der Waals surface area contributed by atoms with Crippen molar-refractivity contribution in [3.8, 4) is 0 Å². The molecular weight excluding hydrogens is 432 g/mol. The number of pyridine rings is 1. The number of piperidine rings is 1. The maximum atomic E-state index is 12.9. The standard InChI is InChI=1S/C25H32N6OS/c32-23(21-8-5-12-31(19-21)25-28-22-9-4-10-27-24(22)33-25)26-11-13-29-14-16-30(17-15-29)18-20-6-2-1-3-7-20/h1-4,6-7,9-10,21H,5,8,11-19H2,(H,26,32). The maximum Gasteiger partial charge on any atom is 0.224 e. The molecular formula is C25H32N6OS. The maximum absolute atomic E-state index is 12.9. The monoisotopic (exact) mass is 464 g/mol. The molecule has 7 nitrogen and oxygen atoms in total. The van der Waals surface area contributed by atoms with Crippen LogP contribution in [0.3, 0.4) is 0 Å². The molecule has 0 aliphatic carbocycles. The highest BCUT2D eigenvalue weighted by Gasteiger charge is 2.27. The summed E-state index contributed by atoms with van der Waals surface area (Å²) < 4.78 is 0. The first-order valence-corrected chi connectivity index (χ1v) is 12.8. The van der Waals surface area contributed by atoms with E-state index < -0.39 is 0 Å². The molecule has 1 N–H and O–H groups in total. The zero-order valence-corrected chi connectivity index (χ0v) is 19.8. The van der Waals surface area contributed by atoms with Crippen molar-refractivity contribution in [2.45, 2.75) is 19.4 Å². The summed E-state index contributed by atoms with van der Waals surface area (Å²) in [5, 5.41) is 4.18. The van der Waals surface area contributed by atoms with Crippen molar-refractivity contribution in [1.82, 2.24) is 25.1 Å². The zero-order chi connectivity index (χ0) is 22.5. The molecule has 1 amide bonds. The minimum absolute atomic E-state index is 0.0291. The molecule has 0 spiro atoms. The van der Waals surface area contributed by atoms with Gasteiger partial charge in [0.15, 0.2) is 5.13 Å². The Morgan fingerprint density at radius 1 is 1.03 bits per heavy atom. The van der Waals surface area contributed by atoms with Crippen LogP contribution in [0.4, 0.5) is 5.13 Å². The molecule has 33 heavy (non-hydrogen) atoms. The molecule has 5 rings (SSSR count). The third-order valence-corrected chi connectivity index (χ3v) is 7.70. The van der Waals surface area contributed by atoms with Gasteiger partial charge in [0.2, 0.25) is 5.91 Å². The quantitative estimate of drug-likeness (QED) is 0.580. The summed E-state index contributed by atoms with van der Waals surface area (Å²) in [5.41, 5.74) is 2.31. The Morgan fingerprint density at radius 3 is 2.67 bits per heavy atom. The SMILES string of the molecule is O=C(NCCN1CCN(Cc2ccccc2)CC1)C1CCCN(c2nc3cccnc3s2)C1. The van der Waals surface area contributed by atoms with Crippen molar-refractivity contribution in [3.63, 3.8) is 0 Å². The summed E-state index contributed by atoms with van der Waals surface area (Å²) in [7, 11) is 0. The third kappa shape index (κ3) is 5.69. The summed E-state index contributed by atoms with van der Waals surface area (Å²) in [4.78, 5) is 30.2. The third-order valence-electron chi connectivity index (χ3n) is 6.66. The Balaban J connectivity index is 1.04. The highest BCUT2D eigenvalue weighted by Crippen LogP contribution is 2.30. The van der Waals surface area contributed by atoms with Crippen molar-refractivity contribution in [2.24, 2.45) is 5.92 Å². The van der Waals surface area contributed by atoms with Crippen LogP contribution < -0.4 is 10.2 Å². The molecule has 2 aliphatic heterocycles. The number of rotatable bonds is 7. The van der Waals surface area contributed by atoms with E-state index in [2.05, 4.69) is 55.3 Å². The van der Waals surface area contributed by atoms with Crippen molar-refractivity contribution in [1.29, 1.82) is 0 Å². The number of piperazine rings is 1. The lowest BCUT2D eigenvalue weighted by molar-refractivity contribution is -0.125. The van der Waals surface area contributed by atoms with Crippen LogP contribution in [0, 0.1) is 5.92 Å². The normalized spacial score (nSPS) is 20.2. The summed E-state index contributed by atoms with van der Waals surface area (Å²) in [6, 6.07) is 14.6. The number of aromatic nitrogens is 2. The number of hydrogen-bond donors (Lipinski definition) is 1. The number of anilines is 1. The predicted octanol–water partition coefficient (Wildman–Crippen LogP) is 2.84. The molecule has 1 aromatic carbocycles. The molecule has 0 radical (unpaired) electrons. The Morgan fingerprint density at radius 2 is 1.85 bits per heavy atom. The number of benzene rings is 1. The fraction of sp³-hybridized carbons (Fsp3) is 0.480. The molecule has 1 atom stereocenters. The van der Waals surface area contributed by atoms with Crippen molar-refractivity contribution >= 4 is 32.7 Å². The van der Waals surface area contributed by atoms with Crippen molar-refractivity contribution in [3.05, 3.63) is 54.2 Å². The van der Waals surface area contributed by atoms with Crippen LogP contribution in [0.2, 0.25) is 0 Å². The van der Waals surface area contributed by atoms with Gasteiger partial charge in [0.1, 0.15) is 10.3 Å². The molecule has 4 heterocycles. The fourth-order valence-corrected chi connectivity index (χ4v) is 5.70. The number of nitrogens with one attached hydrogen (secondary N) is 1. The summed E-state index contributed by atoms with van der Waals surface area (Å²) in [5.74, 6) is 0.211. The van der Waals surface area contributed by atoms with Crippen molar-refractivity contribution in [2.75, 3.05) is 57.3 Å².